The van der Waals surface area contributed by atoms with E-state index in [1.807, 2.05) is 0 Å². The smallest absolute Gasteiger partial charge is 0.303 e. The minimum Gasteiger partial charge on any atom is -0.481 e. The number of hydrogen-bond donors (Lipinski definition) is 1. The van der Waals surface area contributed by atoms with E-state index >= 15 is 0 Å². The molecule has 0 saturated carbocycles. The fourth-order valence-corrected chi connectivity index (χ4v) is 0.690. The van der Waals surface area contributed by atoms with Gasteiger partial charge in [0, 0.05) is 13.5 Å². The molecule has 0 radical (unpaired) electrons. The third-order valence-corrected chi connectivity index (χ3v) is 1.31. The Morgan fingerprint density at radius 2 is 2.42 bits per heavy atom. The van der Waals surface area contributed by atoms with Crippen LogP contribution in [0.4, 0.5) is 0 Å². The molecule has 0 aromatic carbocycles. The fourth-order valence-electron chi connectivity index (χ4n) is 0.690. The number of carbonyl (C=O) groups is 1. The first-order valence-corrected chi connectivity index (χ1v) is 3.65. The van der Waals surface area contributed by atoms with Crippen molar-refractivity contribution in [2.75, 3.05) is 13.9 Å². The van der Waals surface area contributed by atoms with Crippen LogP contribution in [0.15, 0.2) is 12.7 Å². The van der Waals surface area contributed by atoms with Crippen molar-refractivity contribution in [2.45, 2.75) is 18.9 Å². The summed E-state index contributed by atoms with van der Waals surface area (Å²) in [5.41, 5.74) is 0. The number of methoxy groups -OCH3 is 1. The summed E-state index contributed by atoms with van der Waals surface area (Å²) in [5.74, 6) is -0.831. The summed E-state index contributed by atoms with van der Waals surface area (Å²) in [6.07, 6.45) is 1.85. The Labute approximate surface area is 71.8 Å². The Morgan fingerprint density at radius 3 is 2.83 bits per heavy atom. The molecule has 0 unspecified atom stereocenters. The molecule has 0 aliphatic heterocycles. The standard InChI is InChI=1S/C8H14O4/c1-3-7(12-6-11-2)4-5-8(9)10/h3,7H,1,4-6H2,2H3,(H,9,10)/t7-/m0/s1. The predicted molar refractivity (Wildman–Crippen MR) is 43.8 cm³/mol. The second-order valence-electron chi connectivity index (χ2n) is 2.28. The molecular formula is C8H14O4. The Bertz CT molecular complexity index is 144. The monoisotopic (exact) mass is 174 g/mol. The van der Waals surface area contributed by atoms with E-state index in [1.54, 1.807) is 6.08 Å². The molecule has 0 aromatic heterocycles. The lowest BCUT2D eigenvalue weighted by Crippen LogP contribution is -2.13. The van der Waals surface area contributed by atoms with Crippen LogP contribution >= 0.6 is 0 Å². The molecule has 0 aromatic rings. The quantitative estimate of drug-likeness (QED) is 0.462. The van der Waals surface area contributed by atoms with Gasteiger partial charge in [0.1, 0.15) is 6.79 Å². The first-order valence-electron chi connectivity index (χ1n) is 3.65. The van der Waals surface area contributed by atoms with Crippen molar-refractivity contribution in [2.24, 2.45) is 0 Å². The maximum Gasteiger partial charge on any atom is 0.303 e. The lowest BCUT2D eigenvalue weighted by molar-refractivity contribution is -0.138. The molecule has 0 fully saturated rings. The second-order valence-corrected chi connectivity index (χ2v) is 2.28. The number of hydrogen-bond acceptors (Lipinski definition) is 3. The van der Waals surface area contributed by atoms with Crippen LogP contribution in [-0.2, 0) is 14.3 Å². The van der Waals surface area contributed by atoms with Crippen molar-refractivity contribution < 1.29 is 19.4 Å². The topological polar surface area (TPSA) is 55.8 Å². The second kappa shape index (κ2) is 6.82. The highest BCUT2D eigenvalue weighted by molar-refractivity contribution is 5.66. The Hall–Kier alpha value is -0.870. The maximum absolute atomic E-state index is 10.2. The van der Waals surface area contributed by atoms with Gasteiger partial charge >= 0.3 is 5.97 Å². The first kappa shape index (κ1) is 11.1. The van der Waals surface area contributed by atoms with Gasteiger partial charge in [-0.3, -0.25) is 4.79 Å². The molecule has 0 amide bonds. The molecule has 0 aliphatic rings. The molecule has 70 valence electrons. The molecule has 0 bridgehead atoms. The summed E-state index contributed by atoms with van der Waals surface area (Å²) in [7, 11) is 1.51. The van der Waals surface area contributed by atoms with E-state index in [9.17, 15) is 4.79 Å². The van der Waals surface area contributed by atoms with Gasteiger partial charge in [0.15, 0.2) is 0 Å². The van der Waals surface area contributed by atoms with Crippen molar-refractivity contribution in [3.05, 3.63) is 12.7 Å². The van der Waals surface area contributed by atoms with Gasteiger partial charge in [-0.25, -0.2) is 0 Å². The van der Waals surface area contributed by atoms with Crippen LogP contribution in [0.25, 0.3) is 0 Å². The third-order valence-electron chi connectivity index (χ3n) is 1.31. The summed E-state index contributed by atoms with van der Waals surface area (Å²) in [6, 6.07) is 0. The number of rotatable bonds is 7. The normalized spacial score (nSPS) is 12.4. The van der Waals surface area contributed by atoms with E-state index in [0.717, 1.165) is 0 Å². The highest BCUT2D eigenvalue weighted by Gasteiger charge is 2.06. The van der Waals surface area contributed by atoms with Crippen molar-refractivity contribution in [3.8, 4) is 0 Å². The largest absolute Gasteiger partial charge is 0.481 e. The van der Waals surface area contributed by atoms with Crippen LogP contribution in [0.3, 0.4) is 0 Å². The van der Waals surface area contributed by atoms with Crippen molar-refractivity contribution >= 4 is 5.97 Å². The SMILES string of the molecule is C=C[C@@H](CCC(=O)O)OCOC. The lowest BCUT2D eigenvalue weighted by Gasteiger charge is -2.11. The minimum absolute atomic E-state index is 0.0837. The van der Waals surface area contributed by atoms with E-state index in [1.165, 1.54) is 7.11 Å². The summed E-state index contributed by atoms with van der Waals surface area (Å²) < 4.78 is 9.75. The highest BCUT2D eigenvalue weighted by atomic mass is 16.7. The zero-order chi connectivity index (χ0) is 9.40. The van der Waals surface area contributed by atoms with Gasteiger partial charge < -0.3 is 14.6 Å². The summed E-state index contributed by atoms with van der Waals surface area (Å²) >= 11 is 0. The van der Waals surface area contributed by atoms with E-state index in [0.29, 0.717) is 6.42 Å². The van der Waals surface area contributed by atoms with Crippen LogP contribution in [0.1, 0.15) is 12.8 Å². The molecule has 4 heteroatoms. The number of carboxylic acids is 1. The van der Waals surface area contributed by atoms with Crippen LogP contribution in [0.5, 0.6) is 0 Å². The molecule has 0 spiro atoms. The molecule has 1 atom stereocenters. The van der Waals surface area contributed by atoms with Crippen molar-refractivity contribution in [1.82, 2.24) is 0 Å². The predicted octanol–water partition coefficient (Wildman–Crippen LogP) is 1.03. The maximum atomic E-state index is 10.2. The van der Waals surface area contributed by atoms with Gasteiger partial charge in [-0.05, 0) is 6.42 Å². The molecule has 1 N–H and O–H groups in total. The first-order chi connectivity index (χ1) is 5.70. The minimum atomic E-state index is -0.831. The zero-order valence-electron chi connectivity index (χ0n) is 7.16. The van der Waals surface area contributed by atoms with Gasteiger partial charge in [-0.2, -0.15) is 0 Å². The van der Waals surface area contributed by atoms with E-state index < -0.39 is 5.97 Å². The number of carboxylic acid groups (broad SMARTS) is 1. The van der Waals surface area contributed by atoms with Crippen LogP contribution in [0, 0.1) is 0 Å². The van der Waals surface area contributed by atoms with E-state index in [-0.39, 0.29) is 19.3 Å². The molecule has 0 rings (SSSR count). The number of aliphatic carboxylic acids is 1. The lowest BCUT2D eigenvalue weighted by atomic mass is 10.2. The highest BCUT2D eigenvalue weighted by Crippen LogP contribution is 2.03. The molecule has 12 heavy (non-hydrogen) atoms. The van der Waals surface area contributed by atoms with E-state index in [2.05, 4.69) is 11.3 Å². The van der Waals surface area contributed by atoms with Crippen molar-refractivity contribution in [3.63, 3.8) is 0 Å². The van der Waals surface area contributed by atoms with E-state index in [4.69, 9.17) is 9.84 Å². The van der Waals surface area contributed by atoms with Gasteiger partial charge in [0.2, 0.25) is 0 Å². The zero-order valence-corrected chi connectivity index (χ0v) is 7.16. The van der Waals surface area contributed by atoms with Gasteiger partial charge in [-0.1, -0.05) is 6.08 Å². The Balaban J connectivity index is 3.52. The van der Waals surface area contributed by atoms with Crippen LogP contribution in [0.2, 0.25) is 0 Å². The average Bonchev–Trinajstić information content (AvgIpc) is 2.05. The molecular weight excluding hydrogens is 160 g/mol. The Kier molecular flexibility index (Phi) is 6.32. The summed E-state index contributed by atoms with van der Waals surface area (Å²) in [6.45, 7) is 3.68. The van der Waals surface area contributed by atoms with Gasteiger partial charge in [-0.15, -0.1) is 6.58 Å². The third kappa shape index (κ3) is 5.88. The molecule has 0 aliphatic carbocycles. The van der Waals surface area contributed by atoms with Crippen LogP contribution < -0.4 is 0 Å². The van der Waals surface area contributed by atoms with Gasteiger partial charge in [0.05, 0.1) is 6.10 Å². The number of ether oxygens (including phenoxy) is 2. The summed E-state index contributed by atoms with van der Waals surface area (Å²) in [5, 5.41) is 8.36. The fraction of sp³-hybridized carbons (Fsp3) is 0.625. The molecule has 0 saturated heterocycles. The molecule has 0 heterocycles. The Morgan fingerprint density at radius 1 is 1.75 bits per heavy atom. The average molecular weight is 174 g/mol. The van der Waals surface area contributed by atoms with Crippen molar-refractivity contribution in [1.29, 1.82) is 0 Å². The van der Waals surface area contributed by atoms with Crippen LogP contribution in [-0.4, -0.2) is 31.1 Å². The summed E-state index contributed by atoms with van der Waals surface area (Å²) in [4.78, 5) is 10.2. The van der Waals surface area contributed by atoms with Gasteiger partial charge in [0.25, 0.3) is 0 Å². The molecule has 4 nitrogen and oxygen atoms in total.